The quantitative estimate of drug-likeness (QED) is 0.467. The van der Waals surface area contributed by atoms with Gasteiger partial charge in [0.05, 0.1) is 0 Å². The van der Waals surface area contributed by atoms with Crippen molar-refractivity contribution < 1.29 is 4.79 Å². The van der Waals surface area contributed by atoms with Crippen molar-refractivity contribution in [2.75, 3.05) is 0 Å². The highest BCUT2D eigenvalue weighted by atomic mass is 16.2. The van der Waals surface area contributed by atoms with Crippen LogP contribution >= 0.6 is 0 Å². The minimum absolute atomic E-state index is 0.00627. The molecule has 0 bridgehead atoms. The van der Waals surface area contributed by atoms with Crippen molar-refractivity contribution in [2.45, 2.75) is 38.5 Å². The third-order valence-electron chi connectivity index (χ3n) is 3.87. The maximum absolute atomic E-state index is 11.4. The maximum Gasteiger partial charge on any atom is 0.236 e. The number of hydrogen-bond acceptors (Lipinski definition) is 2. The van der Waals surface area contributed by atoms with Crippen LogP contribution in [0.1, 0.15) is 42.7 Å². The zero-order valence-corrected chi connectivity index (χ0v) is 10.3. The average Bonchev–Trinajstić information content (AvgIpc) is 2.39. The van der Waals surface area contributed by atoms with Crippen LogP contribution in [0.25, 0.3) is 0 Å². The number of hydrazine groups is 1. The van der Waals surface area contributed by atoms with Gasteiger partial charge < -0.3 is 0 Å². The SMILES string of the molecule is Cc1ccccc1C1CCC(C(=O)NN)CC1. The van der Waals surface area contributed by atoms with E-state index in [9.17, 15) is 4.79 Å². The van der Waals surface area contributed by atoms with Gasteiger partial charge in [-0.15, -0.1) is 0 Å². The number of nitrogens with two attached hydrogens (primary N) is 1. The van der Waals surface area contributed by atoms with E-state index in [1.165, 1.54) is 11.1 Å². The summed E-state index contributed by atoms with van der Waals surface area (Å²) in [5.41, 5.74) is 5.07. The summed E-state index contributed by atoms with van der Waals surface area (Å²) >= 11 is 0. The fraction of sp³-hybridized carbons (Fsp3) is 0.500. The molecule has 1 fully saturated rings. The van der Waals surface area contributed by atoms with E-state index in [0.717, 1.165) is 25.7 Å². The van der Waals surface area contributed by atoms with E-state index in [1.807, 2.05) is 0 Å². The molecule has 1 aromatic carbocycles. The predicted molar refractivity (Wildman–Crippen MR) is 68.2 cm³/mol. The Morgan fingerprint density at radius 1 is 1.24 bits per heavy atom. The topological polar surface area (TPSA) is 55.1 Å². The molecule has 1 aromatic rings. The number of nitrogens with one attached hydrogen (secondary N) is 1. The molecule has 1 aliphatic rings. The summed E-state index contributed by atoms with van der Waals surface area (Å²) in [5, 5.41) is 0. The largest absolute Gasteiger partial charge is 0.294 e. The van der Waals surface area contributed by atoms with Crippen LogP contribution in [0.15, 0.2) is 24.3 Å². The van der Waals surface area contributed by atoms with Crippen molar-refractivity contribution in [2.24, 2.45) is 11.8 Å². The lowest BCUT2D eigenvalue weighted by atomic mass is 9.77. The normalized spacial score (nSPS) is 24.4. The van der Waals surface area contributed by atoms with Gasteiger partial charge in [-0.1, -0.05) is 24.3 Å². The van der Waals surface area contributed by atoms with Crippen LogP contribution in [0, 0.1) is 12.8 Å². The van der Waals surface area contributed by atoms with Crippen LogP contribution in [-0.4, -0.2) is 5.91 Å². The third kappa shape index (κ3) is 2.67. The molecule has 92 valence electrons. The van der Waals surface area contributed by atoms with Gasteiger partial charge in [0.15, 0.2) is 0 Å². The van der Waals surface area contributed by atoms with Crippen LogP contribution < -0.4 is 11.3 Å². The van der Waals surface area contributed by atoms with E-state index in [-0.39, 0.29) is 11.8 Å². The summed E-state index contributed by atoms with van der Waals surface area (Å²) in [6.07, 6.45) is 4.07. The van der Waals surface area contributed by atoms with E-state index in [4.69, 9.17) is 5.84 Å². The zero-order valence-electron chi connectivity index (χ0n) is 10.3. The first-order valence-corrected chi connectivity index (χ1v) is 6.28. The Hall–Kier alpha value is -1.35. The molecule has 3 nitrogen and oxygen atoms in total. The van der Waals surface area contributed by atoms with Crippen molar-refractivity contribution in [3.63, 3.8) is 0 Å². The zero-order chi connectivity index (χ0) is 12.3. The lowest BCUT2D eigenvalue weighted by molar-refractivity contribution is -0.126. The smallest absolute Gasteiger partial charge is 0.236 e. The number of benzene rings is 1. The molecule has 0 atom stereocenters. The minimum Gasteiger partial charge on any atom is -0.294 e. The van der Waals surface area contributed by atoms with Gasteiger partial charge in [-0.3, -0.25) is 10.2 Å². The molecular formula is C14H20N2O. The average molecular weight is 232 g/mol. The van der Waals surface area contributed by atoms with Crippen molar-refractivity contribution >= 4 is 5.91 Å². The Morgan fingerprint density at radius 2 is 1.88 bits per heavy atom. The van der Waals surface area contributed by atoms with Crippen LogP contribution in [0.3, 0.4) is 0 Å². The molecule has 1 saturated carbocycles. The molecule has 0 aromatic heterocycles. The van der Waals surface area contributed by atoms with Gasteiger partial charge in [0.25, 0.3) is 0 Å². The fourth-order valence-corrected chi connectivity index (χ4v) is 2.83. The number of aryl methyl sites for hydroxylation is 1. The van der Waals surface area contributed by atoms with Crippen molar-refractivity contribution in [1.29, 1.82) is 0 Å². The molecule has 0 heterocycles. The summed E-state index contributed by atoms with van der Waals surface area (Å²) in [7, 11) is 0. The van der Waals surface area contributed by atoms with E-state index >= 15 is 0 Å². The van der Waals surface area contributed by atoms with Gasteiger partial charge in [0.1, 0.15) is 0 Å². The minimum atomic E-state index is -0.00627. The second kappa shape index (κ2) is 5.32. The van der Waals surface area contributed by atoms with Gasteiger partial charge in [-0.2, -0.15) is 0 Å². The lowest BCUT2D eigenvalue weighted by Crippen LogP contribution is -2.37. The molecule has 1 aliphatic carbocycles. The molecule has 0 radical (unpaired) electrons. The molecule has 17 heavy (non-hydrogen) atoms. The lowest BCUT2D eigenvalue weighted by Gasteiger charge is -2.28. The van der Waals surface area contributed by atoms with Crippen molar-refractivity contribution in [3.05, 3.63) is 35.4 Å². The van der Waals surface area contributed by atoms with Gasteiger partial charge >= 0.3 is 0 Å². The van der Waals surface area contributed by atoms with E-state index in [1.54, 1.807) is 0 Å². The van der Waals surface area contributed by atoms with E-state index in [0.29, 0.717) is 5.92 Å². The first kappa shape index (κ1) is 12.1. The molecular weight excluding hydrogens is 212 g/mol. The molecule has 0 saturated heterocycles. The van der Waals surface area contributed by atoms with Crippen LogP contribution in [-0.2, 0) is 4.79 Å². The number of hydrogen-bond donors (Lipinski definition) is 2. The van der Waals surface area contributed by atoms with Crippen LogP contribution in [0.5, 0.6) is 0 Å². The van der Waals surface area contributed by atoms with Crippen LogP contribution in [0.2, 0.25) is 0 Å². The highest BCUT2D eigenvalue weighted by Crippen LogP contribution is 2.36. The summed E-state index contributed by atoms with van der Waals surface area (Å²) in [4.78, 5) is 11.4. The highest BCUT2D eigenvalue weighted by molar-refractivity contribution is 5.78. The van der Waals surface area contributed by atoms with Crippen molar-refractivity contribution in [3.8, 4) is 0 Å². The summed E-state index contributed by atoms with van der Waals surface area (Å²) in [5.74, 6) is 5.89. The summed E-state index contributed by atoms with van der Waals surface area (Å²) < 4.78 is 0. The second-order valence-corrected chi connectivity index (χ2v) is 4.91. The van der Waals surface area contributed by atoms with Crippen LogP contribution in [0.4, 0.5) is 0 Å². The monoisotopic (exact) mass is 232 g/mol. The van der Waals surface area contributed by atoms with Gasteiger partial charge in [0, 0.05) is 5.92 Å². The summed E-state index contributed by atoms with van der Waals surface area (Å²) in [6.45, 7) is 2.16. The van der Waals surface area contributed by atoms with E-state index < -0.39 is 0 Å². The fourth-order valence-electron chi connectivity index (χ4n) is 2.83. The second-order valence-electron chi connectivity index (χ2n) is 4.91. The van der Waals surface area contributed by atoms with E-state index in [2.05, 4.69) is 36.6 Å². The van der Waals surface area contributed by atoms with Gasteiger partial charge in [-0.25, -0.2) is 5.84 Å². The Balaban J connectivity index is 2.00. The van der Waals surface area contributed by atoms with Gasteiger partial charge in [0.2, 0.25) is 5.91 Å². The Bertz CT molecular complexity index is 395. The Kier molecular flexibility index (Phi) is 3.79. The van der Waals surface area contributed by atoms with Crippen molar-refractivity contribution in [1.82, 2.24) is 5.43 Å². The molecule has 1 amide bonds. The highest BCUT2D eigenvalue weighted by Gasteiger charge is 2.26. The first-order chi connectivity index (χ1) is 8.22. The first-order valence-electron chi connectivity index (χ1n) is 6.28. The molecule has 2 rings (SSSR count). The standard InChI is InChI=1S/C14H20N2O/c1-10-4-2-3-5-13(10)11-6-8-12(9-7-11)14(17)16-15/h2-5,11-12H,6-9,15H2,1H3,(H,16,17). The molecule has 3 heteroatoms. The molecule has 0 spiro atoms. The number of carbonyl (C=O) groups is 1. The Labute approximate surface area is 102 Å². The Morgan fingerprint density at radius 3 is 2.47 bits per heavy atom. The molecule has 0 unspecified atom stereocenters. The molecule has 3 N–H and O–H groups in total. The number of amides is 1. The summed E-state index contributed by atoms with van der Waals surface area (Å²) in [6, 6.07) is 8.55. The third-order valence-corrected chi connectivity index (χ3v) is 3.87. The van der Waals surface area contributed by atoms with Gasteiger partial charge in [-0.05, 0) is 49.7 Å². The predicted octanol–water partition coefficient (Wildman–Crippen LogP) is 2.26. The number of rotatable bonds is 2. The molecule has 0 aliphatic heterocycles. The number of carbonyl (C=O) groups excluding carboxylic acids is 1. The maximum atomic E-state index is 11.4.